The third-order valence-electron chi connectivity index (χ3n) is 3.71. The Hall–Kier alpha value is -1.94. The minimum absolute atomic E-state index is 0.377. The molecule has 20 heavy (non-hydrogen) atoms. The molecule has 0 radical (unpaired) electrons. The molecule has 1 N–H and O–H groups in total. The van der Waals surface area contributed by atoms with Crippen LogP contribution in [0.2, 0.25) is 0 Å². The summed E-state index contributed by atoms with van der Waals surface area (Å²) in [5, 5.41) is 10.2. The zero-order chi connectivity index (χ0) is 14.1. The number of aliphatic hydroxyl groups excluding tert-OH is 1. The molecule has 1 heterocycles. The number of halogens is 2. The molecule has 0 saturated carbocycles. The molecule has 2 aromatic rings. The molecular formula is C16H15F2NO. The van der Waals surface area contributed by atoms with Crippen LogP contribution in [-0.4, -0.2) is 18.2 Å². The van der Waals surface area contributed by atoms with Crippen molar-refractivity contribution in [3.8, 4) is 0 Å². The van der Waals surface area contributed by atoms with E-state index in [1.54, 1.807) is 0 Å². The molecule has 1 aliphatic heterocycles. The van der Waals surface area contributed by atoms with Crippen LogP contribution in [-0.2, 0) is 6.42 Å². The van der Waals surface area contributed by atoms with Crippen LogP contribution < -0.4 is 4.90 Å². The van der Waals surface area contributed by atoms with Gasteiger partial charge in [-0.25, -0.2) is 8.78 Å². The number of aliphatic hydroxyl groups is 1. The normalized spacial score (nSPS) is 15.2. The highest BCUT2D eigenvalue weighted by atomic mass is 19.2. The van der Waals surface area contributed by atoms with Gasteiger partial charge in [0.25, 0.3) is 0 Å². The van der Waals surface area contributed by atoms with Gasteiger partial charge in [-0.2, -0.15) is 0 Å². The SMILES string of the molecule is OC(CN1CCc2ccccc21)c1ccc(F)c(F)c1. The summed E-state index contributed by atoms with van der Waals surface area (Å²) in [6, 6.07) is 11.6. The van der Waals surface area contributed by atoms with Crippen LogP contribution in [0.1, 0.15) is 17.2 Å². The maximum atomic E-state index is 13.2. The zero-order valence-electron chi connectivity index (χ0n) is 10.9. The van der Waals surface area contributed by atoms with Crippen LogP contribution in [0, 0.1) is 11.6 Å². The lowest BCUT2D eigenvalue weighted by atomic mass is 10.1. The van der Waals surface area contributed by atoms with Crippen molar-refractivity contribution in [2.45, 2.75) is 12.5 Å². The lowest BCUT2D eigenvalue weighted by Crippen LogP contribution is -2.26. The van der Waals surface area contributed by atoms with Gasteiger partial charge < -0.3 is 10.0 Å². The topological polar surface area (TPSA) is 23.5 Å². The Morgan fingerprint density at radius 1 is 1.10 bits per heavy atom. The molecule has 104 valence electrons. The van der Waals surface area contributed by atoms with Gasteiger partial charge in [0.15, 0.2) is 11.6 Å². The molecule has 0 amide bonds. The lowest BCUT2D eigenvalue weighted by Gasteiger charge is -2.23. The summed E-state index contributed by atoms with van der Waals surface area (Å²) in [7, 11) is 0. The predicted octanol–water partition coefficient (Wildman–Crippen LogP) is 3.06. The largest absolute Gasteiger partial charge is 0.387 e. The zero-order valence-corrected chi connectivity index (χ0v) is 10.9. The summed E-state index contributed by atoms with van der Waals surface area (Å²) < 4.78 is 26.1. The van der Waals surface area contributed by atoms with Crippen LogP contribution in [0.3, 0.4) is 0 Å². The van der Waals surface area contributed by atoms with Crippen LogP contribution in [0.4, 0.5) is 14.5 Å². The third kappa shape index (κ3) is 2.39. The van der Waals surface area contributed by atoms with E-state index in [1.807, 2.05) is 18.2 Å². The first-order valence-electron chi connectivity index (χ1n) is 6.61. The second-order valence-electron chi connectivity index (χ2n) is 5.01. The molecule has 0 aromatic heterocycles. The number of fused-ring (bicyclic) bond motifs is 1. The fraction of sp³-hybridized carbons (Fsp3) is 0.250. The number of rotatable bonds is 3. The first-order chi connectivity index (χ1) is 9.65. The smallest absolute Gasteiger partial charge is 0.159 e. The average molecular weight is 275 g/mol. The summed E-state index contributed by atoms with van der Waals surface area (Å²) in [6.45, 7) is 1.21. The van der Waals surface area contributed by atoms with Crippen LogP contribution in [0.25, 0.3) is 0 Å². The quantitative estimate of drug-likeness (QED) is 0.930. The summed E-state index contributed by atoms with van der Waals surface area (Å²) in [6.07, 6.45) is 0.108. The molecule has 0 bridgehead atoms. The number of β-amino-alcohol motifs (C(OH)–C–C–N with tert-alkyl or cyclic N) is 1. The van der Waals surface area contributed by atoms with Gasteiger partial charge >= 0.3 is 0 Å². The molecular weight excluding hydrogens is 260 g/mol. The predicted molar refractivity (Wildman–Crippen MR) is 73.7 cm³/mol. The van der Waals surface area contributed by atoms with E-state index in [0.717, 1.165) is 30.8 Å². The van der Waals surface area contributed by atoms with E-state index in [9.17, 15) is 13.9 Å². The van der Waals surface area contributed by atoms with E-state index in [0.29, 0.717) is 12.1 Å². The molecule has 0 saturated heterocycles. The first-order valence-corrected chi connectivity index (χ1v) is 6.61. The van der Waals surface area contributed by atoms with E-state index in [2.05, 4.69) is 11.0 Å². The number of nitrogens with zero attached hydrogens (tertiary/aromatic N) is 1. The van der Waals surface area contributed by atoms with Crippen molar-refractivity contribution in [3.63, 3.8) is 0 Å². The highest BCUT2D eigenvalue weighted by Gasteiger charge is 2.21. The molecule has 0 fully saturated rings. The van der Waals surface area contributed by atoms with E-state index in [-0.39, 0.29) is 0 Å². The molecule has 1 atom stereocenters. The number of hydrogen-bond donors (Lipinski definition) is 1. The average Bonchev–Trinajstić information content (AvgIpc) is 2.85. The van der Waals surface area contributed by atoms with Crippen molar-refractivity contribution in [1.29, 1.82) is 0 Å². The highest BCUT2D eigenvalue weighted by Crippen LogP contribution is 2.29. The number of anilines is 1. The van der Waals surface area contributed by atoms with Gasteiger partial charge in [-0.15, -0.1) is 0 Å². The monoisotopic (exact) mass is 275 g/mol. The van der Waals surface area contributed by atoms with Crippen molar-refractivity contribution in [3.05, 3.63) is 65.2 Å². The van der Waals surface area contributed by atoms with Crippen molar-refractivity contribution in [1.82, 2.24) is 0 Å². The van der Waals surface area contributed by atoms with Crippen molar-refractivity contribution < 1.29 is 13.9 Å². The Balaban J connectivity index is 1.77. The summed E-state index contributed by atoms with van der Waals surface area (Å²) in [4.78, 5) is 2.07. The summed E-state index contributed by atoms with van der Waals surface area (Å²) in [5.41, 5.74) is 2.76. The van der Waals surface area contributed by atoms with Gasteiger partial charge in [0.1, 0.15) is 0 Å². The molecule has 2 nitrogen and oxygen atoms in total. The standard InChI is InChI=1S/C16H15F2NO/c17-13-6-5-12(9-14(13)18)16(20)10-19-8-7-11-3-1-2-4-15(11)19/h1-6,9,16,20H,7-8,10H2. The van der Waals surface area contributed by atoms with Crippen LogP contribution >= 0.6 is 0 Å². The minimum atomic E-state index is -0.927. The van der Waals surface area contributed by atoms with Crippen molar-refractivity contribution in [2.75, 3.05) is 18.0 Å². The van der Waals surface area contributed by atoms with E-state index < -0.39 is 17.7 Å². The van der Waals surface area contributed by atoms with Gasteiger partial charge in [-0.3, -0.25) is 0 Å². The maximum absolute atomic E-state index is 13.2. The molecule has 1 unspecified atom stereocenters. The second kappa shape index (κ2) is 5.21. The fourth-order valence-corrected chi connectivity index (χ4v) is 2.63. The highest BCUT2D eigenvalue weighted by molar-refractivity contribution is 5.58. The number of para-hydroxylation sites is 1. The maximum Gasteiger partial charge on any atom is 0.159 e. The Morgan fingerprint density at radius 3 is 2.70 bits per heavy atom. The summed E-state index contributed by atoms with van der Waals surface area (Å²) in [5.74, 6) is -1.82. The van der Waals surface area contributed by atoms with Gasteiger partial charge in [-0.1, -0.05) is 24.3 Å². The van der Waals surface area contributed by atoms with Gasteiger partial charge in [0, 0.05) is 18.8 Å². The molecule has 0 spiro atoms. The van der Waals surface area contributed by atoms with Crippen molar-refractivity contribution in [2.24, 2.45) is 0 Å². The Morgan fingerprint density at radius 2 is 1.90 bits per heavy atom. The Bertz CT molecular complexity index is 630. The van der Waals surface area contributed by atoms with Crippen LogP contribution in [0.15, 0.2) is 42.5 Å². The molecule has 2 aromatic carbocycles. The number of hydrogen-bond acceptors (Lipinski definition) is 2. The minimum Gasteiger partial charge on any atom is -0.387 e. The Labute approximate surface area is 116 Å². The lowest BCUT2D eigenvalue weighted by molar-refractivity contribution is 0.183. The molecule has 3 rings (SSSR count). The second-order valence-corrected chi connectivity index (χ2v) is 5.01. The van der Waals surface area contributed by atoms with E-state index in [4.69, 9.17) is 0 Å². The molecule has 0 aliphatic carbocycles. The Kier molecular flexibility index (Phi) is 3.40. The van der Waals surface area contributed by atoms with Gasteiger partial charge in [-0.05, 0) is 35.7 Å². The van der Waals surface area contributed by atoms with E-state index >= 15 is 0 Å². The third-order valence-corrected chi connectivity index (χ3v) is 3.71. The summed E-state index contributed by atoms with van der Waals surface area (Å²) >= 11 is 0. The molecule has 4 heteroatoms. The van der Waals surface area contributed by atoms with Gasteiger partial charge in [0.2, 0.25) is 0 Å². The van der Waals surface area contributed by atoms with Crippen molar-refractivity contribution >= 4 is 5.69 Å². The molecule has 1 aliphatic rings. The fourth-order valence-electron chi connectivity index (χ4n) is 2.63. The van der Waals surface area contributed by atoms with E-state index in [1.165, 1.54) is 11.6 Å². The first kappa shape index (κ1) is 13.1. The van der Waals surface area contributed by atoms with Crippen LogP contribution in [0.5, 0.6) is 0 Å². The van der Waals surface area contributed by atoms with Gasteiger partial charge in [0.05, 0.1) is 6.10 Å². The number of benzene rings is 2.